The molecular formula is C20H21N3O3. The Hall–Kier alpha value is -2.86. The van der Waals surface area contributed by atoms with Crippen molar-refractivity contribution in [3.8, 4) is 11.4 Å². The maximum absolute atomic E-state index is 11.4. The standard InChI is InChI=1S/C20H21N3O3/c1-12-10-23(11-13(2)26-12)15-6-3-5-14(9-15)19-21-17-8-4-7-16(20(24)25)18(17)22-19/h3-9,12-13H,10-11H2,1-2H3,(H,21,22)(H,24,25)/t12-,13+. The van der Waals surface area contributed by atoms with Gasteiger partial charge < -0.3 is 19.7 Å². The van der Waals surface area contributed by atoms with Gasteiger partial charge >= 0.3 is 5.97 Å². The van der Waals surface area contributed by atoms with Crippen molar-refractivity contribution in [1.29, 1.82) is 0 Å². The summed E-state index contributed by atoms with van der Waals surface area (Å²) in [5, 5.41) is 9.35. The largest absolute Gasteiger partial charge is 0.478 e. The molecule has 1 aliphatic rings. The summed E-state index contributed by atoms with van der Waals surface area (Å²) in [6.07, 6.45) is 0.374. The van der Waals surface area contributed by atoms with Crippen LogP contribution in [0.2, 0.25) is 0 Å². The van der Waals surface area contributed by atoms with Gasteiger partial charge in [-0.1, -0.05) is 18.2 Å². The average molecular weight is 351 g/mol. The van der Waals surface area contributed by atoms with Crippen LogP contribution in [-0.4, -0.2) is 46.3 Å². The molecule has 26 heavy (non-hydrogen) atoms. The highest BCUT2D eigenvalue weighted by Crippen LogP contribution is 2.27. The Morgan fingerprint density at radius 2 is 1.92 bits per heavy atom. The van der Waals surface area contributed by atoms with E-state index >= 15 is 0 Å². The minimum Gasteiger partial charge on any atom is -0.478 e. The lowest BCUT2D eigenvalue weighted by molar-refractivity contribution is -0.00521. The summed E-state index contributed by atoms with van der Waals surface area (Å²) < 4.78 is 5.81. The van der Waals surface area contributed by atoms with Crippen molar-refractivity contribution >= 4 is 22.7 Å². The molecule has 0 amide bonds. The van der Waals surface area contributed by atoms with Gasteiger partial charge in [-0.2, -0.15) is 0 Å². The lowest BCUT2D eigenvalue weighted by Crippen LogP contribution is -2.45. The van der Waals surface area contributed by atoms with Crippen molar-refractivity contribution in [2.75, 3.05) is 18.0 Å². The Kier molecular flexibility index (Phi) is 4.12. The summed E-state index contributed by atoms with van der Waals surface area (Å²) >= 11 is 0. The number of carboxylic acids is 1. The van der Waals surface area contributed by atoms with Crippen LogP contribution in [0.3, 0.4) is 0 Å². The van der Waals surface area contributed by atoms with E-state index in [-0.39, 0.29) is 17.8 Å². The Balaban J connectivity index is 1.72. The minimum atomic E-state index is -0.973. The van der Waals surface area contributed by atoms with Crippen LogP contribution in [0, 0.1) is 0 Å². The number of carbonyl (C=O) groups is 1. The molecule has 0 radical (unpaired) electrons. The van der Waals surface area contributed by atoms with Gasteiger partial charge in [0.1, 0.15) is 11.3 Å². The first-order valence-corrected chi connectivity index (χ1v) is 8.74. The highest BCUT2D eigenvalue weighted by atomic mass is 16.5. The van der Waals surface area contributed by atoms with Crippen LogP contribution < -0.4 is 4.90 Å². The average Bonchev–Trinajstić information content (AvgIpc) is 3.05. The minimum absolute atomic E-state index is 0.187. The van der Waals surface area contributed by atoms with Crippen molar-refractivity contribution in [2.45, 2.75) is 26.1 Å². The number of aromatic nitrogens is 2. The molecule has 0 bridgehead atoms. The van der Waals surface area contributed by atoms with Gasteiger partial charge in [0.05, 0.1) is 23.3 Å². The number of carboxylic acid groups (broad SMARTS) is 1. The monoisotopic (exact) mass is 351 g/mol. The third-order valence-electron chi connectivity index (χ3n) is 4.65. The van der Waals surface area contributed by atoms with E-state index in [9.17, 15) is 9.90 Å². The zero-order chi connectivity index (χ0) is 18.3. The molecule has 1 aliphatic heterocycles. The number of nitrogens with zero attached hydrogens (tertiary/aromatic N) is 2. The van der Waals surface area contributed by atoms with Crippen LogP contribution in [0.4, 0.5) is 5.69 Å². The summed E-state index contributed by atoms with van der Waals surface area (Å²) in [5.41, 5.74) is 3.45. The van der Waals surface area contributed by atoms with Gasteiger partial charge in [-0.25, -0.2) is 9.78 Å². The molecular weight excluding hydrogens is 330 g/mol. The molecule has 1 fully saturated rings. The van der Waals surface area contributed by atoms with Crippen molar-refractivity contribution in [3.63, 3.8) is 0 Å². The summed E-state index contributed by atoms with van der Waals surface area (Å²) in [4.78, 5) is 21.5. The number of anilines is 1. The molecule has 2 atom stereocenters. The van der Waals surface area contributed by atoms with E-state index in [4.69, 9.17) is 4.74 Å². The van der Waals surface area contributed by atoms with Crippen molar-refractivity contribution in [1.82, 2.24) is 9.97 Å². The molecule has 0 spiro atoms. The first-order chi connectivity index (χ1) is 12.5. The molecule has 0 unspecified atom stereocenters. The molecule has 6 heteroatoms. The van der Waals surface area contributed by atoms with Gasteiger partial charge in [-0.05, 0) is 38.1 Å². The molecule has 0 aliphatic carbocycles. The predicted octanol–water partition coefficient (Wildman–Crippen LogP) is 3.54. The van der Waals surface area contributed by atoms with Crippen molar-refractivity contribution in [3.05, 3.63) is 48.0 Å². The second-order valence-corrected chi connectivity index (χ2v) is 6.80. The molecule has 0 saturated carbocycles. The number of ether oxygens (including phenoxy) is 1. The number of hydrogen-bond acceptors (Lipinski definition) is 4. The fraction of sp³-hybridized carbons (Fsp3) is 0.300. The van der Waals surface area contributed by atoms with Crippen LogP contribution in [0.15, 0.2) is 42.5 Å². The third kappa shape index (κ3) is 3.04. The number of imidazole rings is 1. The predicted molar refractivity (Wildman–Crippen MR) is 101 cm³/mol. The molecule has 2 heterocycles. The number of rotatable bonds is 3. The number of morpholine rings is 1. The Morgan fingerprint density at radius 3 is 2.65 bits per heavy atom. The van der Waals surface area contributed by atoms with E-state index in [1.165, 1.54) is 0 Å². The molecule has 2 N–H and O–H groups in total. The van der Waals surface area contributed by atoms with Crippen LogP contribution in [0.5, 0.6) is 0 Å². The van der Waals surface area contributed by atoms with Crippen LogP contribution in [0.25, 0.3) is 22.4 Å². The molecule has 4 rings (SSSR count). The van der Waals surface area contributed by atoms with Crippen LogP contribution in [-0.2, 0) is 4.74 Å². The van der Waals surface area contributed by atoms with E-state index in [1.807, 2.05) is 18.2 Å². The quantitative estimate of drug-likeness (QED) is 0.754. The topological polar surface area (TPSA) is 78.5 Å². The summed E-state index contributed by atoms with van der Waals surface area (Å²) in [6, 6.07) is 13.3. The number of benzene rings is 2. The fourth-order valence-corrected chi connectivity index (χ4v) is 3.58. The molecule has 2 aromatic carbocycles. The second kappa shape index (κ2) is 6.46. The summed E-state index contributed by atoms with van der Waals surface area (Å²) in [6.45, 7) is 5.85. The maximum atomic E-state index is 11.4. The lowest BCUT2D eigenvalue weighted by atomic mass is 10.1. The van der Waals surface area contributed by atoms with Crippen LogP contribution in [0.1, 0.15) is 24.2 Å². The summed E-state index contributed by atoms with van der Waals surface area (Å²) in [7, 11) is 0. The van der Waals surface area contributed by atoms with Crippen molar-refractivity contribution < 1.29 is 14.6 Å². The lowest BCUT2D eigenvalue weighted by Gasteiger charge is -2.37. The Labute approximate surface area is 151 Å². The first kappa shape index (κ1) is 16.6. The van der Waals surface area contributed by atoms with Gasteiger partial charge in [0.15, 0.2) is 0 Å². The van der Waals surface area contributed by atoms with Gasteiger partial charge in [-0.15, -0.1) is 0 Å². The van der Waals surface area contributed by atoms with E-state index in [2.05, 4.69) is 40.8 Å². The smallest absolute Gasteiger partial charge is 0.337 e. The molecule has 1 saturated heterocycles. The van der Waals surface area contributed by atoms with E-state index in [1.54, 1.807) is 12.1 Å². The Bertz CT molecular complexity index is 956. The van der Waals surface area contributed by atoms with Gasteiger partial charge in [0.2, 0.25) is 0 Å². The van der Waals surface area contributed by atoms with E-state index in [0.29, 0.717) is 11.3 Å². The van der Waals surface area contributed by atoms with E-state index < -0.39 is 5.97 Å². The van der Waals surface area contributed by atoms with Gasteiger partial charge in [0, 0.05) is 24.3 Å². The number of H-pyrrole nitrogens is 1. The number of para-hydroxylation sites is 1. The van der Waals surface area contributed by atoms with Crippen molar-refractivity contribution in [2.24, 2.45) is 0 Å². The molecule has 1 aromatic heterocycles. The molecule has 6 nitrogen and oxygen atoms in total. The number of fused-ring (bicyclic) bond motifs is 1. The zero-order valence-electron chi connectivity index (χ0n) is 14.8. The highest BCUT2D eigenvalue weighted by molar-refractivity contribution is 6.01. The molecule has 3 aromatic rings. The number of nitrogens with one attached hydrogen (secondary N) is 1. The fourth-order valence-electron chi connectivity index (χ4n) is 3.58. The number of hydrogen-bond donors (Lipinski definition) is 2. The summed E-state index contributed by atoms with van der Waals surface area (Å²) in [5.74, 6) is -0.302. The third-order valence-corrected chi connectivity index (χ3v) is 4.65. The SMILES string of the molecule is C[C@@H]1CN(c2cccc(-c3nc4c(C(=O)O)cccc4[nH]3)c2)C[C@H](C)O1. The highest BCUT2D eigenvalue weighted by Gasteiger charge is 2.22. The first-order valence-electron chi connectivity index (χ1n) is 8.74. The second-order valence-electron chi connectivity index (χ2n) is 6.80. The van der Waals surface area contributed by atoms with Crippen LogP contribution >= 0.6 is 0 Å². The zero-order valence-corrected chi connectivity index (χ0v) is 14.8. The van der Waals surface area contributed by atoms with E-state index in [0.717, 1.165) is 29.9 Å². The normalized spacial score (nSPS) is 20.5. The Morgan fingerprint density at radius 1 is 1.19 bits per heavy atom. The number of aromatic amines is 1. The number of aromatic carboxylic acids is 1. The maximum Gasteiger partial charge on any atom is 0.337 e. The van der Waals surface area contributed by atoms with Gasteiger partial charge in [-0.3, -0.25) is 0 Å². The van der Waals surface area contributed by atoms with Gasteiger partial charge in [0.25, 0.3) is 0 Å². The molecule has 134 valence electrons.